The van der Waals surface area contributed by atoms with Crippen LogP contribution in [0.3, 0.4) is 0 Å². The van der Waals surface area contributed by atoms with Crippen molar-refractivity contribution in [2.75, 3.05) is 26.2 Å². The lowest BCUT2D eigenvalue weighted by atomic mass is 10.1. The molecule has 1 aromatic rings. The Morgan fingerprint density at radius 3 is 2.67 bits per heavy atom. The molecule has 1 aromatic carbocycles. The summed E-state index contributed by atoms with van der Waals surface area (Å²) in [6, 6.07) is 5.55. The van der Waals surface area contributed by atoms with Gasteiger partial charge in [-0.1, -0.05) is 15.9 Å². The van der Waals surface area contributed by atoms with Gasteiger partial charge in [0.2, 0.25) is 0 Å². The second-order valence-corrected chi connectivity index (χ2v) is 7.26. The molecule has 1 aliphatic heterocycles. The highest BCUT2D eigenvalue weighted by Gasteiger charge is 2.24. The maximum Gasteiger partial charge on any atom is 0.254 e. The number of amides is 1. The van der Waals surface area contributed by atoms with Gasteiger partial charge in [0, 0.05) is 29.7 Å². The van der Waals surface area contributed by atoms with E-state index in [1.54, 1.807) is 0 Å². The molecule has 0 spiro atoms. The average molecular weight is 399 g/mol. The number of halogens is 1. The maximum absolute atomic E-state index is 12.7. The van der Waals surface area contributed by atoms with Crippen LogP contribution in [0.25, 0.3) is 0 Å². The number of piperidine rings is 1. The van der Waals surface area contributed by atoms with Gasteiger partial charge in [-0.05, 0) is 57.9 Å². The molecule has 1 aliphatic rings. The van der Waals surface area contributed by atoms with Crippen LogP contribution in [0, 0.1) is 0 Å². The van der Waals surface area contributed by atoms with Gasteiger partial charge >= 0.3 is 0 Å². The fourth-order valence-electron chi connectivity index (χ4n) is 2.77. The number of carbonyl (C=O) groups excluding carboxylic acids is 1. The van der Waals surface area contributed by atoms with Crippen LogP contribution in [-0.2, 0) is 4.74 Å². The van der Waals surface area contributed by atoms with Crippen LogP contribution < -0.4 is 10.5 Å². The Morgan fingerprint density at radius 1 is 1.33 bits per heavy atom. The number of rotatable bonds is 7. The minimum absolute atomic E-state index is 0.0466. The predicted molar refractivity (Wildman–Crippen MR) is 98.5 cm³/mol. The van der Waals surface area contributed by atoms with Crippen LogP contribution in [0.15, 0.2) is 22.7 Å². The van der Waals surface area contributed by atoms with E-state index in [4.69, 9.17) is 15.2 Å². The fraction of sp³-hybridized carbons (Fsp3) is 0.611. The number of benzene rings is 1. The van der Waals surface area contributed by atoms with Crippen LogP contribution in [0.2, 0.25) is 0 Å². The molecule has 6 heteroatoms. The normalized spacial score (nSPS) is 15.8. The molecule has 1 saturated heterocycles. The van der Waals surface area contributed by atoms with E-state index in [-0.39, 0.29) is 18.1 Å². The van der Waals surface area contributed by atoms with E-state index >= 15 is 0 Å². The third-order valence-corrected chi connectivity index (χ3v) is 4.38. The molecule has 5 nitrogen and oxygen atoms in total. The largest absolute Gasteiger partial charge is 0.491 e. The van der Waals surface area contributed by atoms with E-state index < -0.39 is 0 Å². The highest BCUT2D eigenvalue weighted by atomic mass is 79.9. The van der Waals surface area contributed by atoms with Crippen LogP contribution in [0.5, 0.6) is 5.75 Å². The Bertz CT molecular complexity index is 543. The molecule has 0 bridgehead atoms. The van der Waals surface area contributed by atoms with E-state index in [2.05, 4.69) is 15.9 Å². The zero-order valence-electron chi connectivity index (χ0n) is 14.5. The van der Waals surface area contributed by atoms with Crippen LogP contribution in [0.1, 0.15) is 43.5 Å². The van der Waals surface area contributed by atoms with Gasteiger partial charge in [-0.3, -0.25) is 4.79 Å². The maximum atomic E-state index is 12.7. The van der Waals surface area contributed by atoms with Gasteiger partial charge in [0.15, 0.2) is 0 Å². The third kappa shape index (κ3) is 5.76. The SMILES string of the molecule is CC(C)Oc1cc(Br)cc(C(=O)N2CCC(OCCCN)CC2)c1. The molecular weight excluding hydrogens is 372 g/mol. The Kier molecular flexibility index (Phi) is 7.52. The summed E-state index contributed by atoms with van der Waals surface area (Å²) in [4.78, 5) is 14.6. The number of hydrogen-bond donors (Lipinski definition) is 1. The minimum atomic E-state index is 0.0466. The molecule has 2 rings (SSSR count). The molecule has 0 atom stereocenters. The summed E-state index contributed by atoms with van der Waals surface area (Å²) in [5, 5.41) is 0. The van der Waals surface area contributed by atoms with Crippen molar-refractivity contribution >= 4 is 21.8 Å². The van der Waals surface area contributed by atoms with Crippen LogP contribution in [0.4, 0.5) is 0 Å². The monoisotopic (exact) mass is 398 g/mol. The van der Waals surface area contributed by atoms with Crippen molar-refractivity contribution in [3.05, 3.63) is 28.2 Å². The molecule has 2 N–H and O–H groups in total. The molecule has 0 aliphatic carbocycles. The van der Waals surface area contributed by atoms with Crippen molar-refractivity contribution in [2.24, 2.45) is 5.73 Å². The topological polar surface area (TPSA) is 64.8 Å². The molecule has 1 fully saturated rings. The summed E-state index contributed by atoms with van der Waals surface area (Å²) in [5.74, 6) is 0.757. The van der Waals surface area contributed by atoms with Gasteiger partial charge in [-0.2, -0.15) is 0 Å². The predicted octanol–water partition coefficient (Wildman–Crippen LogP) is 3.21. The number of ether oxygens (including phenoxy) is 2. The zero-order chi connectivity index (χ0) is 17.5. The molecular formula is C18H27BrN2O3. The van der Waals surface area contributed by atoms with Gasteiger partial charge in [0.25, 0.3) is 5.91 Å². The Morgan fingerprint density at radius 2 is 2.04 bits per heavy atom. The van der Waals surface area contributed by atoms with Gasteiger partial charge in [0.05, 0.1) is 12.2 Å². The Hall–Kier alpha value is -1.11. The lowest BCUT2D eigenvalue weighted by Crippen LogP contribution is -2.41. The summed E-state index contributed by atoms with van der Waals surface area (Å²) >= 11 is 3.46. The number of hydrogen-bond acceptors (Lipinski definition) is 4. The van der Waals surface area contributed by atoms with E-state index in [0.717, 1.165) is 36.8 Å². The first-order valence-corrected chi connectivity index (χ1v) is 9.37. The van der Waals surface area contributed by atoms with Crippen molar-refractivity contribution in [3.8, 4) is 5.75 Å². The summed E-state index contributed by atoms with van der Waals surface area (Å²) in [5.41, 5.74) is 6.13. The highest BCUT2D eigenvalue weighted by Crippen LogP contribution is 2.24. The number of nitrogens with zero attached hydrogens (tertiary/aromatic N) is 1. The van der Waals surface area contributed by atoms with Crippen molar-refractivity contribution in [3.63, 3.8) is 0 Å². The molecule has 1 amide bonds. The fourth-order valence-corrected chi connectivity index (χ4v) is 3.24. The molecule has 0 saturated carbocycles. The molecule has 0 unspecified atom stereocenters. The molecule has 24 heavy (non-hydrogen) atoms. The Labute approximate surface area is 152 Å². The van der Waals surface area contributed by atoms with Crippen molar-refractivity contribution in [2.45, 2.75) is 45.3 Å². The first kappa shape index (κ1) is 19.2. The van der Waals surface area contributed by atoms with Crippen molar-refractivity contribution < 1.29 is 14.3 Å². The average Bonchev–Trinajstić information content (AvgIpc) is 2.54. The summed E-state index contributed by atoms with van der Waals surface area (Å²) in [6.07, 6.45) is 2.95. The minimum Gasteiger partial charge on any atom is -0.491 e. The number of carbonyl (C=O) groups is 1. The molecule has 0 aromatic heterocycles. The lowest BCUT2D eigenvalue weighted by molar-refractivity contribution is 0.00843. The molecule has 1 heterocycles. The highest BCUT2D eigenvalue weighted by molar-refractivity contribution is 9.10. The van der Waals surface area contributed by atoms with Gasteiger partial charge in [0.1, 0.15) is 5.75 Å². The van der Waals surface area contributed by atoms with Gasteiger partial charge in [-0.25, -0.2) is 0 Å². The van der Waals surface area contributed by atoms with Crippen LogP contribution in [-0.4, -0.2) is 49.3 Å². The summed E-state index contributed by atoms with van der Waals surface area (Å²) in [6.45, 7) is 6.74. The van der Waals surface area contributed by atoms with E-state index in [9.17, 15) is 4.79 Å². The van der Waals surface area contributed by atoms with Gasteiger partial charge < -0.3 is 20.1 Å². The second-order valence-electron chi connectivity index (χ2n) is 6.35. The van der Waals surface area contributed by atoms with Gasteiger partial charge in [-0.15, -0.1) is 0 Å². The van der Waals surface area contributed by atoms with Crippen molar-refractivity contribution in [1.82, 2.24) is 4.90 Å². The Balaban J connectivity index is 1.94. The third-order valence-electron chi connectivity index (χ3n) is 3.92. The number of nitrogens with two attached hydrogens (primary N) is 1. The lowest BCUT2D eigenvalue weighted by Gasteiger charge is -2.32. The van der Waals surface area contributed by atoms with Crippen molar-refractivity contribution in [1.29, 1.82) is 0 Å². The second kappa shape index (κ2) is 9.39. The summed E-state index contributed by atoms with van der Waals surface area (Å²) in [7, 11) is 0. The molecule has 134 valence electrons. The zero-order valence-corrected chi connectivity index (χ0v) is 16.0. The standard InChI is InChI=1S/C18H27BrN2O3/c1-13(2)24-17-11-14(10-15(19)12-17)18(22)21-7-4-16(5-8-21)23-9-3-6-20/h10-13,16H,3-9,20H2,1-2H3. The summed E-state index contributed by atoms with van der Waals surface area (Å²) < 4.78 is 12.4. The van der Waals surface area contributed by atoms with E-state index in [1.807, 2.05) is 36.9 Å². The first-order chi connectivity index (χ1) is 11.5. The van der Waals surface area contributed by atoms with Crippen LogP contribution >= 0.6 is 15.9 Å². The number of likely N-dealkylation sites (tertiary alicyclic amines) is 1. The van der Waals surface area contributed by atoms with E-state index in [0.29, 0.717) is 24.5 Å². The smallest absolute Gasteiger partial charge is 0.254 e. The quantitative estimate of drug-likeness (QED) is 0.716. The molecule has 0 radical (unpaired) electrons. The van der Waals surface area contributed by atoms with E-state index in [1.165, 1.54) is 0 Å². The first-order valence-electron chi connectivity index (χ1n) is 8.57.